The van der Waals surface area contributed by atoms with Gasteiger partial charge in [-0.15, -0.1) is 0 Å². The molecule has 1 heterocycles. The van der Waals surface area contributed by atoms with E-state index in [4.69, 9.17) is 5.11 Å². The van der Waals surface area contributed by atoms with Gasteiger partial charge < -0.3 is 10.4 Å². The van der Waals surface area contributed by atoms with Gasteiger partial charge in [-0.2, -0.15) is 0 Å². The van der Waals surface area contributed by atoms with Crippen LogP contribution in [-0.2, 0) is 4.79 Å². The van der Waals surface area contributed by atoms with Crippen LogP contribution in [0.25, 0.3) is 0 Å². The summed E-state index contributed by atoms with van der Waals surface area (Å²) in [5, 5.41) is 11.5. The Morgan fingerprint density at radius 3 is 3.00 bits per heavy atom. The maximum atomic E-state index is 13.4. The lowest BCUT2D eigenvalue weighted by Crippen LogP contribution is -2.41. The topological polar surface area (TPSA) is 52.6 Å². The lowest BCUT2D eigenvalue weighted by atomic mass is 9.99. The molecule has 0 radical (unpaired) electrons. The fraction of sp³-hybridized carbons (Fsp3) is 0.500. The largest absolute Gasteiger partial charge is 0.396 e. The normalized spacial score (nSPS) is 19.9. The Labute approximate surface area is 116 Å². The summed E-state index contributed by atoms with van der Waals surface area (Å²) in [5.74, 6) is -1.46. The molecule has 4 nitrogen and oxygen atoms in total. The number of carbonyl (C=O) groups excluding carboxylic acids is 1. The first-order chi connectivity index (χ1) is 9.58. The number of hydrogen-bond donors (Lipinski definition) is 2. The smallest absolute Gasteiger partial charge is 0.238 e. The number of aliphatic hydroxyl groups excluding tert-OH is 1. The van der Waals surface area contributed by atoms with Crippen molar-refractivity contribution >= 4 is 11.6 Å². The molecule has 1 aliphatic rings. The summed E-state index contributed by atoms with van der Waals surface area (Å²) < 4.78 is 26.4. The Hall–Kier alpha value is -1.53. The molecule has 1 amide bonds. The van der Waals surface area contributed by atoms with Crippen molar-refractivity contribution in [3.63, 3.8) is 0 Å². The third kappa shape index (κ3) is 3.98. The van der Waals surface area contributed by atoms with E-state index >= 15 is 0 Å². The highest BCUT2D eigenvalue weighted by molar-refractivity contribution is 5.92. The molecule has 1 aromatic rings. The summed E-state index contributed by atoms with van der Waals surface area (Å²) in [4.78, 5) is 13.7. The van der Waals surface area contributed by atoms with Crippen LogP contribution in [0.15, 0.2) is 18.2 Å². The highest BCUT2D eigenvalue weighted by Crippen LogP contribution is 2.17. The minimum atomic E-state index is -0.661. The number of benzene rings is 1. The van der Waals surface area contributed by atoms with Crippen LogP contribution in [0.1, 0.15) is 12.8 Å². The summed E-state index contributed by atoms with van der Waals surface area (Å²) in [6.45, 7) is 1.65. The summed E-state index contributed by atoms with van der Waals surface area (Å²) in [5.41, 5.74) is -0.147. The van der Waals surface area contributed by atoms with Crippen molar-refractivity contribution < 1.29 is 18.7 Å². The Balaban J connectivity index is 1.90. The molecule has 1 saturated heterocycles. The minimum absolute atomic E-state index is 0.108. The van der Waals surface area contributed by atoms with Crippen LogP contribution >= 0.6 is 0 Å². The molecule has 1 aliphatic heterocycles. The van der Waals surface area contributed by atoms with Crippen LogP contribution in [0.2, 0.25) is 0 Å². The quantitative estimate of drug-likeness (QED) is 0.883. The maximum Gasteiger partial charge on any atom is 0.238 e. The standard InChI is InChI=1S/C14H18F2N2O2/c15-11-3-4-12(16)13(6-11)17-14(20)8-18-5-1-2-10(7-18)9-19/h3-4,6,10,19H,1-2,5,7-9H2,(H,17,20). The zero-order valence-electron chi connectivity index (χ0n) is 11.1. The molecule has 0 bridgehead atoms. The van der Waals surface area contributed by atoms with Gasteiger partial charge in [-0.05, 0) is 37.4 Å². The average Bonchev–Trinajstić information content (AvgIpc) is 2.43. The van der Waals surface area contributed by atoms with Crippen molar-refractivity contribution in [2.75, 3.05) is 31.6 Å². The van der Waals surface area contributed by atoms with Crippen LogP contribution < -0.4 is 5.32 Å². The van der Waals surface area contributed by atoms with Gasteiger partial charge in [-0.1, -0.05) is 0 Å². The summed E-state index contributed by atoms with van der Waals surface area (Å²) in [6.07, 6.45) is 1.87. The number of aliphatic hydroxyl groups is 1. The van der Waals surface area contributed by atoms with Gasteiger partial charge in [0, 0.05) is 19.2 Å². The summed E-state index contributed by atoms with van der Waals surface area (Å²) in [7, 11) is 0. The Morgan fingerprint density at radius 1 is 1.45 bits per heavy atom. The number of nitrogens with one attached hydrogen (secondary N) is 1. The fourth-order valence-electron chi connectivity index (χ4n) is 2.43. The molecular weight excluding hydrogens is 266 g/mol. The van der Waals surface area contributed by atoms with Gasteiger partial charge in [0.15, 0.2) is 0 Å². The van der Waals surface area contributed by atoms with Gasteiger partial charge in [0.2, 0.25) is 5.91 Å². The molecule has 0 aliphatic carbocycles. The van der Waals surface area contributed by atoms with Crippen molar-refractivity contribution in [1.82, 2.24) is 4.90 Å². The van der Waals surface area contributed by atoms with Gasteiger partial charge in [-0.25, -0.2) is 8.78 Å². The van der Waals surface area contributed by atoms with Crippen molar-refractivity contribution in [2.45, 2.75) is 12.8 Å². The molecule has 1 unspecified atom stereocenters. The molecule has 20 heavy (non-hydrogen) atoms. The number of rotatable bonds is 4. The van der Waals surface area contributed by atoms with E-state index in [0.29, 0.717) is 6.54 Å². The molecule has 0 saturated carbocycles. The second-order valence-corrected chi connectivity index (χ2v) is 5.10. The van der Waals surface area contributed by atoms with Crippen molar-refractivity contribution in [3.8, 4) is 0 Å². The number of carbonyl (C=O) groups is 1. The van der Waals surface area contributed by atoms with E-state index in [2.05, 4.69) is 5.32 Å². The maximum absolute atomic E-state index is 13.4. The molecule has 0 aromatic heterocycles. The third-order valence-corrected chi connectivity index (χ3v) is 3.43. The number of nitrogens with zero attached hydrogens (tertiary/aromatic N) is 1. The molecule has 1 aromatic carbocycles. The van der Waals surface area contributed by atoms with Gasteiger partial charge in [0.25, 0.3) is 0 Å². The predicted octanol–water partition coefficient (Wildman–Crippen LogP) is 1.61. The lowest BCUT2D eigenvalue weighted by Gasteiger charge is -2.31. The SMILES string of the molecule is O=C(CN1CCCC(CO)C1)Nc1cc(F)ccc1F. The van der Waals surface area contributed by atoms with E-state index in [1.54, 1.807) is 0 Å². The second kappa shape index (κ2) is 6.76. The first-order valence-electron chi connectivity index (χ1n) is 6.66. The summed E-state index contributed by atoms with van der Waals surface area (Å²) >= 11 is 0. The van der Waals surface area contributed by atoms with E-state index in [1.165, 1.54) is 0 Å². The van der Waals surface area contributed by atoms with Crippen molar-refractivity contribution in [3.05, 3.63) is 29.8 Å². The number of anilines is 1. The number of piperidine rings is 1. The molecular formula is C14H18F2N2O2. The van der Waals surface area contributed by atoms with Crippen LogP contribution in [0.4, 0.5) is 14.5 Å². The number of likely N-dealkylation sites (tertiary alicyclic amines) is 1. The number of amides is 1. The van der Waals surface area contributed by atoms with E-state index < -0.39 is 11.6 Å². The van der Waals surface area contributed by atoms with Crippen LogP contribution in [0.5, 0.6) is 0 Å². The average molecular weight is 284 g/mol. The zero-order valence-corrected chi connectivity index (χ0v) is 11.1. The van der Waals surface area contributed by atoms with Gasteiger partial charge in [0.05, 0.1) is 12.2 Å². The van der Waals surface area contributed by atoms with E-state index in [0.717, 1.165) is 37.6 Å². The van der Waals surface area contributed by atoms with E-state index in [1.807, 2.05) is 4.90 Å². The number of hydrogen-bond acceptors (Lipinski definition) is 3. The first-order valence-corrected chi connectivity index (χ1v) is 6.66. The molecule has 110 valence electrons. The second-order valence-electron chi connectivity index (χ2n) is 5.10. The number of halogens is 2. The minimum Gasteiger partial charge on any atom is -0.396 e. The molecule has 1 atom stereocenters. The Bertz CT molecular complexity index is 482. The van der Waals surface area contributed by atoms with E-state index in [-0.39, 0.29) is 30.7 Å². The predicted molar refractivity (Wildman–Crippen MR) is 71.2 cm³/mol. The highest BCUT2D eigenvalue weighted by Gasteiger charge is 2.21. The van der Waals surface area contributed by atoms with Gasteiger partial charge >= 0.3 is 0 Å². The monoisotopic (exact) mass is 284 g/mol. The van der Waals surface area contributed by atoms with E-state index in [9.17, 15) is 13.6 Å². The highest BCUT2D eigenvalue weighted by atomic mass is 19.1. The first kappa shape index (κ1) is 14.9. The van der Waals surface area contributed by atoms with Crippen molar-refractivity contribution in [1.29, 1.82) is 0 Å². The van der Waals surface area contributed by atoms with Crippen LogP contribution in [0, 0.1) is 17.6 Å². The lowest BCUT2D eigenvalue weighted by molar-refractivity contribution is -0.117. The van der Waals surface area contributed by atoms with Crippen LogP contribution in [0.3, 0.4) is 0 Å². The molecule has 2 N–H and O–H groups in total. The molecule has 6 heteroatoms. The third-order valence-electron chi connectivity index (χ3n) is 3.43. The molecule has 1 fully saturated rings. The Morgan fingerprint density at radius 2 is 2.25 bits per heavy atom. The van der Waals surface area contributed by atoms with Gasteiger partial charge in [-0.3, -0.25) is 9.69 Å². The van der Waals surface area contributed by atoms with Gasteiger partial charge in [0.1, 0.15) is 11.6 Å². The van der Waals surface area contributed by atoms with Crippen LogP contribution in [-0.4, -0.2) is 42.2 Å². The van der Waals surface area contributed by atoms with Crippen molar-refractivity contribution in [2.24, 2.45) is 5.92 Å². The fourth-order valence-corrected chi connectivity index (χ4v) is 2.43. The Kier molecular flexibility index (Phi) is 5.03. The molecule has 0 spiro atoms. The zero-order chi connectivity index (χ0) is 14.5. The summed E-state index contributed by atoms with van der Waals surface area (Å²) in [6, 6.07) is 2.94. The molecule has 2 rings (SSSR count).